The van der Waals surface area contributed by atoms with Gasteiger partial charge >= 0.3 is 0 Å². The molecule has 1 aliphatic heterocycles. The number of rotatable bonds is 5. The van der Waals surface area contributed by atoms with Crippen LogP contribution in [0.5, 0.6) is 5.88 Å². The van der Waals surface area contributed by atoms with Crippen LogP contribution in [0.3, 0.4) is 0 Å². The van der Waals surface area contributed by atoms with Gasteiger partial charge < -0.3 is 18.6 Å². The molecule has 0 bridgehead atoms. The standard InChI is InChI=1S/C24H36N2O4SSi/c1-23(2,3)32(4,5)29-14-16-6-7-18-19(16)20-21(25-15-26-22(20)31-18)30-17-8-10-24(11-9-17)27-12-13-28-24/h15-17H,6-14H2,1-5H3/t16-/m1/s1. The van der Waals surface area contributed by atoms with E-state index in [2.05, 4.69) is 43.8 Å². The maximum atomic E-state index is 6.63. The lowest BCUT2D eigenvalue weighted by atomic mass is 9.92. The van der Waals surface area contributed by atoms with E-state index in [9.17, 15) is 0 Å². The molecule has 0 radical (unpaired) electrons. The molecule has 2 fully saturated rings. The van der Waals surface area contributed by atoms with Crippen molar-refractivity contribution in [2.75, 3.05) is 19.8 Å². The number of aryl methyl sites for hydroxylation is 1. The van der Waals surface area contributed by atoms with Gasteiger partial charge in [0, 0.05) is 30.2 Å². The van der Waals surface area contributed by atoms with Crippen molar-refractivity contribution < 1.29 is 18.6 Å². The highest BCUT2D eigenvalue weighted by Crippen LogP contribution is 2.47. The van der Waals surface area contributed by atoms with Crippen molar-refractivity contribution >= 4 is 29.9 Å². The Hall–Kier alpha value is -1.06. The summed E-state index contributed by atoms with van der Waals surface area (Å²) in [5, 5.41) is 1.34. The predicted molar refractivity (Wildman–Crippen MR) is 129 cm³/mol. The summed E-state index contributed by atoms with van der Waals surface area (Å²) in [6, 6.07) is 0. The van der Waals surface area contributed by atoms with Crippen molar-refractivity contribution in [2.45, 2.75) is 95.2 Å². The van der Waals surface area contributed by atoms with E-state index in [1.54, 1.807) is 17.7 Å². The zero-order valence-corrected chi connectivity index (χ0v) is 21.8. The average molecular weight is 477 g/mol. The number of fused-ring (bicyclic) bond motifs is 3. The van der Waals surface area contributed by atoms with Crippen LogP contribution in [0.25, 0.3) is 10.2 Å². The second kappa shape index (κ2) is 8.31. The summed E-state index contributed by atoms with van der Waals surface area (Å²) < 4.78 is 24.9. The number of nitrogens with zero attached hydrogens (tertiary/aromatic N) is 2. The Morgan fingerprint density at radius 3 is 2.53 bits per heavy atom. The first-order valence-electron chi connectivity index (χ1n) is 12.0. The van der Waals surface area contributed by atoms with Gasteiger partial charge in [-0.3, -0.25) is 0 Å². The predicted octanol–water partition coefficient (Wildman–Crippen LogP) is 5.81. The molecular formula is C24H36N2O4SSi. The molecule has 5 rings (SSSR count). The Morgan fingerprint density at radius 1 is 1.12 bits per heavy atom. The normalized spacial score (nSPS) is 23.8. The molecule has 3 aliphatic rings. The molecule has 0 aromatic carbocycles. The van der Waals surface area contributed by atoms with Crippen molar-refractivity contribution in [2.24, 2.45) is 0 Å². The van der Waals surface area contributed by atoms with E-state index >= 15 is 0 Å². The van der Waals surface area contributed by atoms with Crippen LogP contribution in [-0.2, 0) is 20.3 Å². The van der Waals surface area contributed by atoms with Crippen molar-refractivity contribution in [1.29, 1.82) is 0 Å². The summed E-state index contributed by atoms with van der Waals surface area (Å²) in [6.45, 7) is 13.8. The third-order valence-corrected chi connectivity index (χ3v) is 13.6. The lowest BCUT2D eigenvalue weighted by Crippen LogP contribution is -2.41. The number of hydrogen-bond donors (Lipinski definition) is 0. The number of ether oxygens (including phenoxy) is 3. The number of aromatic nitrogens is 2. The lowest BCUT2D eigenvalue weighted by Gasteiger charge is -2.37. The quantitative estimate of drug-likeness (QED) is 0.508. The Labute approximate surface area is 196 Å². The highest BCUT2D eigenvalue weighted by Gasteiger charge is 2.42. The number of thiophene rings is 1. The molecule has 8 heteroatoms. The topological polar surface area (TPSA) is 62.7 Å². The third-order valence-electron chi connectivity index (χ3n) is 7.93. The summed E-state index contributed by atoms with van der Waals surface area (Å²) in [6.07, 6.45) is 7.66. The second-order valence-electron chi connectivity index (χ2n) is 11.0. The van der Waals surface area contributed by atoms with Gasteiger partial charge in [-0.05, 0) is 49.4 Å². The minimum absolute atomic E-state index is 0.144. The van der Waals surface area contributed by atoms with Crippen LogP contribution in [0.1, 0.15) is 69.2 Å². The average Bonchev–Trinajstić information content (AvgIpc) is 3.44. The third kappa shape index (κ3) is 4.13. The SMILES string of the molecule is CC(C)(C)[Si](C)(C)OC[C@H]1CCc2sc3ncnc(OC4CCC5(CC4)OCCO5)c3c21. The Morgan fingerprint density at radius 2 is 1.84 bits per heavy atom. The highest BCUT2D eigenvalue weighted by atomic mass is 32.1. The van der Waals surface area contributed by atoms with Crippen molar-refractivity contribution in [3.05, 3.63) is 16.8 Å². The van der Waals surface area contributed by atoms with Gasteiger partial charge in [-0.1, -0.05) is 20.8 Å². The first-order chi connectivity index (χ1) is 15.2. The molecule has 3 heterocycles. The number of hydrogen-bond acceptors (Lipinski definition) is 7. The summed E-state index contributed by atoms with van der Waals surface area (Å²) in [7, 11) is -1.79. The zero-order chi connectivity index (χ0) is 22.6. The van der Waals surface area contributed by atoms with Gasteiger partial charge in [-0.15, -0.1) is 11.3 Å². The molecular weight excluding hydrogens is 440 g/mol. The van der Waals surface area contributed by atoms with E-state index in [0.29, 0.717) is 19.1 Å². The summed E-state index contributed by atoms with van der Waals surface area (Å²) in [5.74, 6) is 0.786. The van der Waals surface area contributed by atoms with E-state index in [1.807, 2.05) is 0 Å². The van der Waals surface area contributed by atoms with Gasteiger partial charge in [-0.25, -0.2) is 9.97 Å². The fourth-order valence-corrected chi connectivity index (χ4v) is 7.20. The summed E-state index contributed by atoms with van der Waals surface area (Å²) in [4.78, 5) is 11.7. The molecule has 32 heavy (non-hydrogen) atoms. The Bertz CT molecular complexity index is 970. The first kappa shape index (κ1) is 22.7. The van der Waals surface area contributed by atoms with Gasteiger partial charge in [0.25, 0.3) is 0 Å². The van der Waals surface area contributed by atoms with Crippen LogP contribution >= 0.6 is 11.3 Å². The van der Waals surface area contributed by atoms with Crippen LogP contribution in [0.15, 0.2) is 6.33 Å². The van der Waals surface area contributed by atoms with Gasteiger partial charge in [0.15, 0.2) is 14.1 Å². The van der Waals surface area contributed by atoms with Crippen molar-refractivity contribution in [1.82, 2.24) is 9.97 Å². The molecule has 1 spiro atoms. The summed E-state index contributed by atoms with van der Waals surface area (Å²) in [5.41, 5.74) is 1.38. The smallest absolute Gasteiger partial charge is 0.225 e. The monoisotopic (exact) mass is 476 g/mol. The largest absolute Gasteiger partial charge is 0.474 e. The maximum absolute atomic E-state index is 6.63. The molecule has 0 amide bonds. The fourth-order valence-electron chi connectivity index (χ4n) is 4.91. The van der Waals surface area contributed by atoms with E-state index in [0.717, 1.165) is 61.2 Å². The van der Waals surface area contributed by atoms with E-state index in [-0.39, 0.29) is 16.9 Å². The van der Waals surface area contributed by atoms with Crippen molar-refractivity contribution in [3.63, 3.8) is 0 Å². The van der Waals surface area contributed by atoms with Gasteiger partial charge in [-0.2, -0.15) is 0 Å². The van der Waals surface area contributed by atoms with Crippen LogP contribution < -0.4 is 4.74 Å². The van der Waals surface area contributed by atoms with Crippen LogP contribution in [0, 0.1) is 0 Å². The second-order valence-corrected chi connectivity index (χ2v) is 16.9. The van der Waals surface area contributed by atoms with Crippen LogP contribution in [0.2, 0.25) is 18.1 Å². The molecule has 1 saturated heterocycles. The zero-order valence-electron chi connectivity index (χ0n) is 20.0. The minimum atomic E-state index is -1.79. The first-order valence-corrected chi connectivity index (χ1v) is 15.7. The van der Waals surface area contributed by atoms with E-state index in [4.69, 9.17) is 18.6 Å². The van der Waals surface area contributed by atoms with E-state index < -0.39 is 8.32 Å². The molecule has 6 nitrogen and oxygen atoms in total. The maximum Gasteiger partial charge on any atom is 0.225 e. The van der Waals surface area contributed by atoms with Crippen LogP contribution in [0.4, 0.5) is 0 Å². The van der Waals surface area contributed by atoms with Crippen molar-refractivity contribution in [3.8, 4) is 5.88 Å². The molecule has 1 atom stereocenters. The molecule has 176 valence electrons. The highest BCUT2D eigenvalue weighted by molar-refractivity contribution is 7.19. The molecule has 0 unspecified atom stereocenters. The minimum Gasteiger partial charge on any atom is -0.474 e. The van der Waals surface area contributed by atoms with Gasteiger partial charge in [0.2, 0.25) is 5.88 Å². The molecule has 1 saturated carbocycles. The fraction of sp³-hybridized carbons (Fsp3) is 0.750. The Kier molecular flexibility index (Phi) is 5.90. The Balaban J connectivity index is 1.35. The van der Waals surface area contributed by atoms with Gasteiger partial charge in [0.1, 0.15) is 17.3 Å². The molecule has 2 aliphatic carbocycles. The lowest BCUT2D eigenvalue weighted by molar-refractivity contribution is -0.186. The van der Waals surface area contributed by atoms with Gasteiger partial charge in [0.05, 0.1) is 18.6 Å². The van der Waals surface area contributed by atoms with E-state index in [1.165, 1.54) is 10.4 Å². The van der Waals surface area contributed by atoms with Crippen LogP contribution in [-0.4, -0.2) is 50.0 Å². The summed E-state index contributed by atoms with van der Waals surface area (Å²) >= 11 is 1.81. The molecule has 0 N–H and O–H groups in total. The molecule has 2 aromatic rings. The molecule has 2 aromatic heterocycles.